The molecular formula is C16H22N2O2. The van der Waals surface area contributed by atoms with Crippen LogP contribution in [0.5, 0.6) is 0 Å². The molecule has 2 aromatic rings. The van der Waals surface area contributed by atoms with E-state index in [1.165, 1.54) is 0 Å². The predicted molar refractivity (Wildman–Crippen MR) is 80.5 cm³/mol. The van der Waals surface area contributed by atoms with E-state index in [-0.39, 0.29) is 5.91 Å². The lowest BCUT2D eigenvalue weighted by atomic mass is 10.2. The summed E-state index contributed by atoms with van der Waals surface area (Å²) in [5.74, 6) is 0.208. The monoisotopic (exact) mass is 274 g/mol. The number of rotatable bonds is 7. The molecule has 0 fully saturated rings. The number of carbonyl (C=O) groups is 1. The highest BCUT2D eigenvalue weighted by atomic mass is 16.3. The van der Waals surface area contributed by atoms with E-state index in [1.54, 1.807) is 6.26 Å². The summed E-state index contributed by atoms with van der Waals surface area (Å²) < 4.78 is 5.49. The molecule has 0 aliphatic carbocycles. The van der Waals surface area contributed by atoms with E-state index < -0.39 is 0 Å². The molecule has 0 bridgehead atoms. The first-order valence-electron chi connectivity index (χ1n) is 7.19. The van der Waals surface area contributed by atoms with E-state index >= 15 is 0 Å². The number of nitrogens with one attached hydrogen (secondary N) is 1. The van der Waals surface area contributed by atoms with Gasteiger partial charge in [-0.3, -0.25) is 4.79 Å². The Bertz CT molecular complexity index is 558. The van der Waals surface area contributed by atoms with E-state index in [0.29, 0.717) is 13.0 Å². The second kappa shape index (κ2) is 7.10. The maximum Gasteiger partial charge on any atom is 0.223 e. The number of amides is 1. The van der Waals surface area contributed by atoms with E-state index in [0.717, 1.165) is 36.2 Å². The van der Waals surface area contributed by atoms with Gasteiger partial charge in [0.2, 0.25) is 5.91 Å². The van der Waals surface area contributed by atoms with Crippen molar-refractivity contribution in [2.75, 3.05) is 19.6 Å². The van der Waals surface area contributed by atoms with Crippen molar-refractivity contribution in [3.8, 4) is 0 Å². The third kappa shape index (κ3) is 3.39. The van der Waals surface area contributed by atoms with Crippen molar-refractivity contribution in [1.29, 1.82) is 0 Å². The molecular weight excluding hydrogens is 252 g/mol. The van der Waals surface area contributed by atoms with Crippen LogP contribution >= 0.6 is 0 Å². The standard InChI is InChI=1S/C16H22N2O2/c1-3-18(4-2)16(19)9-10-17-11-13-12-20-15-8-6-5-7-14(13)15/h5-8,12,17H,3-4,9-11H2,1-2H3. The van der Waals surface area contributed by atoms with E-state index in [4.69, 9.17) is 4.42 Å². The number of fused-ring (bicyclic) bond motifs is 1. The fourth-order valence-corrected chi connectivity index (χ4v) is 2.32. The van der Waals surface area contributed by atoms with Gasteiger partial charge in [0.15, 0.2) is 0 Å². The summed E-state index contributed by atoms with van der Waals surface area (Å²) in [5.41, 5.74) is 2.04. The molecule has 4 nitrogen and oxygen atoms in total. The van der Waals surface area contributed by atoms with Gasteiger partial charge in [0.05, 0.1) is 6.26 Å². The molecule has 0 spiro atoms. The number of hydrogen-bond acceptors (Lipinski definition) is 3. The molecule has 1 aromatic heterocycles. The van der Waals surface area contributed by atoms with Crippen molar-refractivity contribution in [3.63, 3.8) is 0 Å². The Kier molecular flexibility index (Phi) is 5.18. The van der Waals surface area contributed by atoms with Crippen LogP contribution in [0.1, 0.15) is 25.8 Å². The topological polar surface area (TPSA) is 45.5 Å². The molecule has 4 heteroatoms. The van der Waals surface area contributed by atoms with Crippen LogP contribution in [0.25, 0.3) is 11.0 Å². The SMILES string of the molecule is CCN(CC)C(=O)CCNCc1coc2ccccc12. The molecule has 0 atom stereocenters. The smallest absolute Gasteiger partial charge is 0.223 e. The molecule has 0 radical (unpaired) electrons. The molecule has 1 aromatic carbocycles. The highest BCUT2D eigenvalue weighted by molar-refractivity contribution is 5.80. The third-order valence-electron chi connectivity index (χ3n) is 3.51. The number of benzene rings is 1. The Labute approximate surface area is 119 Å². The number of hydrogen-bond donors (Lipinski definition) is 1. The average Bonchev–Trinajstić information content (AvgIpc) is 2.88. The van der Waals surface area contributed by atoms with Crippen LogP contribution in [-0.4, -0.2) is 30.4 Å². The van der Waals surface area contributed by atoms with E-state index in [1.807, 2.05) is 36.9 Å². The van der Waals surface area contributed by atoms with Gasteiger partial charge in [0, 0.05) is 43.5 Å². The molecule has 20 heavy (non-hydrogen) atoms. The van der Waals surface area contributed by atoms with Crippen molar-refractivity contribution in [2.24, 2.45) is 0 Å². The van der Waals surface area contributed by atoms with Crippen LogP contribution in [0.15, 0.2) is 34.9 Å². The fourth-order valence-electron chi connectivity index (χ4n) is 2.32. The number of nitrogens with zero attached hydrogens (tertiary/aromatic N) is 1. The quantitative estimate of drug-likeness (QED) is 0.790. The second-order valence-electron chi connectivity index (χ2n) is 4.75. The molecule has 1 heterocycles. The fraction of sp³-hybridized carbons (Fsp3) is 0.438. The van der Waals surface area contributed by atoms with Gasteiger partial charge >= 0.3 is 0 Å². The molecule has 1 N–H and O–H groups in total. The number of para-hydroxylation sites is 1. The van der Waals surface area contributed by atoms with Gasteiger partial charge < -0.3 is 14.6 Å². The van der Waals surface area contributed by atoms with Gasteiger partial charge in [0.1, 0.15) is 5.58 Å². The molecule has 0 aliphatic rings. The summed E-state index contributed by atoms with van der Waals surface area (Å²) in [6.07, 6.45) is 2.32. The molecule has 2 rings (SSSR count). The summed E-state index contributed by atoms with van der Waals surface area (Å²) >= 11 is 0. The summed E-state index contributed by atoms with van der Waals surface area (Å²) in [7, 11) is 0. The molecule has 1 amide bonds. The van der Waals surface area contributed by atoms with Gasteiger partial charge in [-0.05, 0) is 19.9 Å². The Hall–Kier alpha value is -1.81. The van der Waals surface area contributed by atoms with E-state index in [9.17, 15) is 4.79 Å². The van der Waals surface area contributed by atoms with Crippen LogP contribution in [-0.2, 0) is 11.3 Å². The maximum atomic E-state index is 11.8. The number of carbonyl (C=O) groups excluding carboxylic acids is 1. The minimum absolute atomic E-state index is 0.208. The third-order valence-corrected chi connectivity index (χ3v) is 3.51. The van der Waals surface area contributed by atoms with Crippen LogP contribution in [0.2, 0.25) is 0 Å². The number of furan rings is 1. The first-order valence-corrected chi connectivity index (χ1v) is 7.19. The Morgan fingerprint density at radius 1 is 1.25 bits per heavy atom. The lowest BCUT2D eigenvalue weighted by Crippen LogP contribution is -2.32. The zero-order valence-electron chi connectivity index (χ0n) is 12.2. The van der Waals surface area contributed by atoms with Gasteiger partial charge in [-0.15, -0.1) is 0 Å². The molecule has 0 saturated carbocycles. The zero-order valence-corrected chi connectivity index (χ0v) is 12.2. The van der Waals surface area contributed by atoms with Gasteiger partial charge in [-0.1, -0.05) is 18.2 Å². The van der Waals surface area contributed by atoms with Crippen molar-refractivity contribution >= 4 is 16.9 Å². The summed E-state index contributed by atoms with van der Waals surface area (Å²) in [4.78, 5) is 13.7. The second-order valence-corrected chi connectivity index (χ2v) is 4.75. The van der Waals surface area contributed by atoms with Crippen molar-refractivity contribution in [1.82, 2.24) is 10.2 Å². The Morgan fingerprint density at radius 3 is 2.75 bits per heavy atom. The van der Waals surface area contributed by atoms with Crippen LogP contribution < -0.4 is 5.32 Å². The largest absolute Gasteiger partial charge is 0.464 e. The highest BCUT2D eigenvalue weighted by Crippen LogP contribution is 2.20. The maximum absolute atomic E-state index is 11.8. The van der Waals surface area contributed by atoms with Crippen LogP contribution in [0.3, 0.4) is 0 Å². The Balaban J connectivity index is 1.80. The average molecular weight is 274 g/mol. The lowest BCUT2D eigenvalue weighted by molar-refractivity contribution is -0.130. The minimum Gasteiger partial charge on any atom is -0.464 e. The van der Waals surface area contributed by atoms with E-state index in [2.05, 4.69) is 11.4 Å². The zero-order chi connectivity index (χ0) is 14.4. The molecule has 108 valence electrons. The molecule has 0 aliphatic heterocycles. The van der Waals surface area contributed by atoms with Crippen LogP contribution in [0.4, 0.5) is 0 Å². The lowest BCUT2D eigenvalue weighted by Gasteiger charge is -2.18. The highest BCUT2D eigenvalue weighted by Gasteiger charge is 2.09. The van der Waals surface area contributed by atoms with Crippen LogP contribution in [0, 0.1) is 0 Å². The Morgan fingerprint density at radius 2 is 2.00 bits per heavy atom. The first kappa shape index (κ1) is 14.6. The molecule has 0 unspecified atom stereocenters. The summed E-state index contributed by atoms with van der Waals surface area (Å²) in [5, 5.41) is 4.44. The van der Waals surface area contributed by atoms with Gasteiger partial charge in [0.25, 0.3) is 0 Å². The normalized spacial score (nSPS) is 10.9. The van der Waals surface area contributed by atoms with Crippen molar-refractivity contribution < 1.29 is 9.21 Å². The first-order chi connectivity index (χ1) is 9.76. The minimum atomic E-state index is 0.208. The summed E-state index contributed by atoms with van der Waals surface area (Å²) in [6, 6.07) is 7.98. The van der Waals surface area contributed by atoms with Gasteiger partial charge in [-0.25, -0.2) is 0 Å². The summed E-state index contributed by atoms with van der Waals surface area (Å²) in [6.45, 7) is 6.99. The van der Waals surface area contributed by atoms with Gasteiger partial charge in [-0.2, -0.15) is 0 Å². The molecule has 0 saturated heterocycles. The van der Waals surface area contributed by atoms with Crippen molar-refractivity contribution in [2.45, 2.75) is 26.8 Å². The van der Waals surface area contributed by atoms with Crippen molar-refractivity contribution in [3.05, 3.63) is 36.1 Å². The predicted octanol–water partition coefficient (Wildman–Crippen LogP) is 2.78.